The van der Waals surface area contributed by atoms with Crippen LogP contribution in [0.15, 0.2) is 0 Å². The molecule has 1 unspecified atom stereocenters. The van der Waals surface area contributed by atoms with Gasteiger partial charge in [0.2, 0.25) is 5.91 Å². The zero-order chi connectivity index (χ0) is 14.8. The summed E-state index contributed by atoms with van der Waals surface area (Å²) < 4.78 is 0. The molecular formula is C15H26N2O3. The number of nitrogens with zero attached hydrogens (tertiary/aromatic N) is 1. The minimum Gasteiger partial charge on any atom is -0.480 e. The lowest BCUT2D eigenvalue weighted by Gasteiger charge is -2.43. The Balaban J connectivity index is 2.08. The lowest BCUT2D eigenvalue weighted by Crippen LogP contribution is -2.59. The minimum absolute atomic E-state index is 0.0843. The Morgan fingerprint density at radius 3 is 2.30 bits per heavy atom. The zero-order valence-electron chi connectivity index (χ0n) is 12.4. The van der Waals surface area contributed by atoms with Gasteiger partial charge in [-0.25, -0.2) is 4.79 Å². The third kappa shape index (κ3) is 2.97. The Labute approximate surface area is 120 Å². The first kappa shape index (κ1) is 15.3. The maximum atomic E-state index is 12.6. The molecule has 0 radical (unpaired) electrons. The molecule has 1 saturated carbocycles. The van der Waals surface area contributed by atoms with E-state index in [2.05, 4.69) is 0 Å². The SMILES string of the molecule is CC1(C(=O)O)CCCCN1C(=O)CC1(N)CCCCC1. The molecule has 0 spiro atoms. The molecule has 1 atom stereocenters. The average molecular weight is 282 g/mol. The summed E-state index contributed by atoms with van der Waals surface area (Å²) in [7, 11) is 0. The molecule has 1 heterocycles. The standard InChI is InChI=1S/C15H26N2O3/c1-14(13(19)20)7-5-6-10-17(14)12(18)11-15(16)8-3-2-4-9-15/h2-11,16H2,1H3,(H,19,20). The Bertz CT molecular complexity index is 391. The third-order valence-corrected chi connectivity index (χ3v) is 5.01. The fourth-order valence-electron chi connectivity index (χ4n) is 3.57. The van der Waals surface area contributed by atoms with Crippen LogP contribution in [0.25, 0.3) is 0 Å². The van der Waals surface area contributed by atoms with Crippen LogP contribution in [-0.4, -0.2) is 39.5 Å². The fourth-order valence-corrected chi connectivity index (χ4v) is 3.57. The third-order valence-electron chi connectivity index (χ3n) is 5.01. The number of carboxylic acid groups (broad SMARTS) is 1. The first-order chi connectivity index (χ1) is 9.37. The van der Waals surface area contributed by atoms with Gasteiger partial charge in [-0.3, -0.25) is 4.79 Å². The molecule has 1 amide bonds. The molecule has 2 fully saturated rings. The number of carbonyl (C=O) groups is 2. The predicted molar refractivity (Wildman–Crippen MR) is 76.2 cm³/mol. The van der Waals surface area contributed by atoms with E-state index in [1.807, 2.05) is 0 Å². The van der Waals surface area contributed by atoms with Crippen molar-refractivity contribution < 1.29 is 14.7 Å². The smallest absolute Gasteiger partial charge is 0.329 e. The molecule has 5 nitrogen and oxygen atoms in total. The lowest BCUT2D eigenvalue weighted by molar-refractivity contribution is -0.161. The van der Waals surface area contributed by atoms with E-state index in [0.29, 0.717) is 13.0 Å². The maximum absolute atomic E-state index is 12.6. The van der Waals surface area contributed by atoms with Crippen LogP contribution in [0.2, 0.25) is 0 Å². The molecule has 1 saturated heterocycles. The molecule has 5 heteroatoms. The van der Waals surface area contributed by atoms with Crippen molar-refractivity contribution in [3.8, 4) is 0 Å². The first-order valence-corrected chi connectivity index (χ1v) is 7.70. The molecule has 1 aliphatic carbocycles. The van der Waals surface area contributed by atoms with E-state index in [1.165, 1.54) is 6.42 Å². The van der Waals surface area contributed by atoms with E-state index in [4.69, 9.17) is 5.73 Å². The second-order valence-corrected chi connectivity index (χ2v) is 6.68. The zero-order valence-corrected chi connectivity index (χ0v) is 12.4. The number of aliphatic carboxylic acids is 1. The Morgan fingerprint density at radius 2 is 1.70 bits per heavy atom. The van der Waals surface area contributed by atoms with Gasteiger partial charge in [0.15, 0.2) is 0 Å². The van der Waals surface area contributed by atoms with Gasteiger partial charge in [-0.05, 0) is 39.0 Å². The van der Waals surface area contributed by atoms with Crippen molar-refractivity contribution in [2.75, 3.05) is 6.54 Å². The van der Waals surface area contributed by atoms with Crippen molar-refractivity contribution in [1.82, 2.24) is 4.90 Å². The molecule has 1 aliphatic heterocycles. The average Bonchev–Trinajstić information content (AvgIpc) is 2.39. The molecule has 0 aromatic heterocycles. The van der Waals surface area contributed by atoms with Crippen molar-refractivity contribution in [2.45, 2.75) is 75.8 Å². The van der Waals surface area contributed by atoms with Crippen LogP contribution in [0.4, 0.5) is 0 Å². The van der Waals surface area contributed by atoms with Crippen molar-refractivity contribution in [1.29, 1.82) is 0 Å². The summed E-state index contributed by atoms with van der Waals surface area (Å²) in [5.74, 6) is -0.987. The second-order valence-electron chi connectivity index (χ2n) is 6.68. The maximum Gasteiger partial charge on any atom is 0.329 e. The van der Waals surface area contributed by atoms with Gasteiger partial charge in [-0.2, -0.15) is 0 Å². The monoisotopic (exact) mass is 282 g/mol. The van der Waals surface area contributed by atoms with E-state index in [-0.39, 0.29) is 12.3 Å². The lowest BCUT2D eigenvalue weighted by atomic mass is 9.79. The van der Waals surface area contributed by atoms with E-state index >= 15 is 0 Å². The van der Waals surface area contributed by atoms with Crippen LogP contribution in [0.1, 0.15) is 64.7 Å². The van der Waals surface area contributed by atoms with E-state index in [9.17, 15) is 14.7 Å². The van der Waals surface area contributed by atoms with Gasteiger partial charge in [0.05, 0.1) is 0 Å². The van der Waals surface area contributed by atoms with Crippen LogP contribution in [0.3, 0.4) is 0 Å². The van der Waals surface area contributed by atoms with Crippen molar-refractivity contribution in [2.24, 2.45) is 5.73 Å². The molecule has 2 rings (SSSR count). The van der Waals surface area contributed by atoms with Gasteiger partial charge < -0.3 is 15.7 Å². The number of rotatable bonds is 3. The first-order valence-electron chi connectivity index (χ1n) is 7.70. The van der Waals surface area contributed by atoms with Crippen LogP contribution in [0.5, 0.6) is 0 Å². The van der Waals surface area contributed by atoms with Gasteiger partial charge in [0.25, 0.3) is 0 Å². The number of hydrogen-bond acceptors (Lipinski definition) is 3. The van der Waals surface area contributed by atoms with Crippen LogP contribution >= 0.6 is 0 Å². The number of carbonyl (C=O) groups excluding carboxylic acids is 1. The summed E-state index contributed by atoms with van der Waals surface area (Å²) in [5, 5.41) is 9.46. The van der Waals surface area contributed by atoms with Gasteiger partial charge in [-0.1, -0.05) is 19.3 Å². The largest absolute Gasteiger partial charge is 0.480 e. The number of nitrogens with two attached hydrogens (primary N) is 1. The van der Waals surface area contributed by atoms with Crippen molar-refractivity contribution in [3.05, 3.63) is 0 Å². The predicted octanol–water partition coefficient (Wildman–Crippen LogP) is 1.89. The second kappa shape index (κ2) is 5.72. The summed E-state index contributed by atoms with van der Waals surface area (Å²) >= 11 is 0. The number of piperidine rings is 1. The van der Waals surface area contributed by atoms with Gasteiger partial charge >= 0.3 is 5.97 Å². The van der Waals surface area contributed by atoms with Crippen LogP contribution < -0.4 is 5.73 Å². The quantitative estimate of drug-likeness (QED) is 0.828. The van der Waals surface area contributed by atoms with Crippen molar-refractivity contribution >= 4 is 11.9 Å². The highest BCUT2D eigenvalue weighted by molar-refractivity contribution is 5.87. The van der Waals surface area contributed by atoms with Crippen LogP contribution in [0, 0.1) is 0 Å². The van der Waals surface area contributed by atoms with E-state index in [1.54, 1.807) is 11.8 Å². The summed E-state index contributed by atoms with van der Waals surface area (Å²) in [4.78, 5) is 25.7. The van der Waals surface area contributed by atoms with Gasteiger partial charge in [-0.15, -0.1) is 0 Å². The molecular weight excluding hydrogens is 256 g/mol. The fraction of sp³-hybridized carbons (Fsp3) is 0.867. The number of amides is 1. The molecule has 2 aliphatic rings. The molecule has 0 aromatic rings. The summed E-state index contributed by atoms with van der Waals surface area (Å²) in [6, 6.07) is 0. The highest BCUT2D eigenvalue weighted by Crippen LogP contribution is 2.33. The highest BCUT2D eigenvalue weighted by Gasteiger charge is 2.45. The van der Waals surface area contributed by atoms with Crippen molar-refractivity contribution in [3.63, 3.8) is 0 Å². The summed E-state index contributed by atoms with van der Waals surface area (Å²) in [5.41, 5.74) is 4.86. The Morgan fingerprint density at radius 1 is 1.10 bits per heavy atom. The Hall–Kier alpha value is -1.10. The number of carboxylic acids is 1. The summed E-state index contributed by atoms with van der Waals surface area (Å²) in [6.45, 7) is 2.20. The van der Waals surface area contributed by atoms with Gasteiger partial charge in [0.1, 0.15) is 5.54 Å². The van der Waals surface area contributed by atoms with Crippen LogP contribution in [-0.2, 0) is 9.59 Å². The molecule has 3 N–H and O–H groups in total. The molecule has 114 valence electrons. The normalized spacial score (nSPS) is 30.0. The Kier molecular flexibility index (Phi) is 4.37. The molecule has 0 aromatic carbocycles. The molecule has 20 heavy (non-hydrogen) atoms. The van der Waals surface area contributed by atoms with E-state index in [0.717, 1.165) is 38.5 Å². The van der Waals surface area contributed by atoms with E-state index < -0.39 is 17.0 Å². The molecule has 0 bridgehead atoms. The number of likely N-dealkylation sites (tertiary alicyclic amines) is 1. The summed E-state index contributed by atoms with van der Waals surface area (Å²) in [6.07, 6.45) is 7.63. The topological polar surface area (TPSA) is 83.6 Å². The highest BCUT2D eigenvalue weighted by atomic mass is 16.4. The number of hydrogen-bond donors (Lipinski definition) is 2. The van der Waals surface area contributed by atoms with Gasteiger partial charge in [0, 0.05) is 18.5 Å². The minimum atomic E-state index is -1.06.